The van der Waals surface area contributed by atoms with Crippen LogP contribution >= 0.6 is 0 Å². The first-order chi connectivity index (χ1) is 12.4. The molecule has 0 saturated heterocycles. The summed E-state index contributed by atoms with van der Waals surface area (Å²) in [6.45, 7) is -0.0883. The van der Waals surface area contributed by atoms with Gasteiger partial charge in [-0.05, 0) is 12.1 Å². The summed E-state index contributed by atoms with van der Waals surface area (Å²) in [5, 5.41) is 16.4. The lowest BCUT2D eigenvalue weighted by molar-refractivity contribution is -0.119. The van der Waals surface area contributed by atoms with E-state index in [0.29, 0.717) is 11.4 Å². The molecular weight excluding hydrogens is 342 g/mol. The van der Waals surface area contributed by atoms with E-state index in [1.807, 2.05) is 0 Å². The molecule has 0 saturated carbocycles. The highest BCUT2D eigenvalue weighted by atomic mass is 16.5. The number of anilines is 1. The maximum Gasteiger partial charge on any atom is 0.333 e. The van der Waals surface area contributed by atoms with E-state index >= 15 is 0 Å². The molecule has 1 aromatic carbocycles. The quantitative estimate of drug-likeness (QED) is 0.464. The molecule has 0 spiro atoms. The van der Waals surface area contributed by atoms with E-state index in [4.69, 9.17) is 4.74 Å². The number of carbonyl (C=O) groups is 1. The number of hydrazone groups is 1. The Hall–Kier alpha value is -3.56. The summed E-state index contributed by atoms with van der Waals surface area (Å²) in [5.41, 5.74) is 1.25. The summed E-state index contributed by atoms with van der Waals surface area (Å²) in [4.78, 5) is 35.5. The van der Waals surface area contributed by atoms with Crippen LogP contribution in [0.4, 0.5) is 5.69 Å². The number of aromatic hydroxyl groups is 1. The summed E-state index contributed by atoms with van der Waals surface area (Å²) in [7, 11) is 4.10. The monoisotopic (exact) mass is 361 g/mol. The lowest BCUT2D eigenvalue weighted by Gasteiger charge is -2.10. The Bertz CT molecular complexity index is 960. The molecule has 1 heterocycles. The van der Waals surface area contributed by atoms with Gasteiger partial charge in [-0.25, -0.2) is 10.2 Å². The second-order valence-corrected chi connectivity index (χ2v) is 5.29. The molecule has 0 radical (unpaired) electrons. The first kappa shape index (κ1) is 18.8. The number of benzene rings is 1. The van der Waals surface area contributed by atoms with Gasteiger partial charge >= 0.3 is 5.69 Å². The van der Waals surface area contributed by atoms with E-state index in [-0.39, 0.29) is 12.1 Å². The maximum atomic E-state index is 12.0. The fourth-order valence-corrected chi connectivity index (χ4v) is 2.15. The van der Waals surface area contributed by atoms with Crippen molar-refractivity contribution in [3.05, 3.63) is 50.7 Å². The average Bonchev–Trinajstić information content (AvgIpc) is 2.66. The zero-order valence-corrected chi connectivity index (χ0v) is 14.5. The highest BCUT2D eigenvalue weighted by molar-refractivity contribution is 5.85. The minimum atomic E-state index is -0.726. The van der Waals surface area contributed by atoms with Crippen LogP contribution in [0.15, 0.2) is 39.0 Å². The zero-order valence-electron chi connectivity index (χ0n) is 14.5. The van der Waals surface area contributed by atoms with Crippen molar-refractivity contribution in [1.82, 2.24) is 14.6 Å². The predicted molar refractivity (Wildman–Crippen MR) is 95.8 cm³/mol. The molecule has 3 N–H and O–H groups in total. The third-order valence-electron chi connectivity index (χ3n) is 3.60. The normalized spacial score (nSPS) is 10.7. The Morgan fingerprint density at radius 1 is 1.27 bits per heavy atom. The van der Waals surface area contributed by atoms with Gasteiger partial charge < -0.3 is 15.2 Å². The van der Waals surface area contributed by atoms with Crippen molar-refractivity contribution in [1.29, 1.82) is 0 Å². The molecule has 1 amide bonds. The first-order valence-electron chi connectivity index (χ1n) is 7.54. The Labute approximate surface area is 148 Å². The number of nitrogens with zero attached hydrogens (tertiary/aromatic N) is 3. The second kappa shape index (κ2) is 8.01. The van der Waals surface area contributed by atoms with Crippen LogP contribution in [0, 0.1) is 0 Å². The number of nitrogens with one attached hydrogen (secondary N) is 2. The van der Waals surface area contributed by atoms with Crippen molar-refractivity contribution in [3.8, 4) is 11.6 Å². The second-order valence-electron chi connectivity index (χ2n) is 5.29. The number of hydrogen-bond acceptors (Lipinski definition) is 7. The molecule has 2 rings (SSSR count). The van der Waals surface area contributed by atoms with Gasteiger partial charge in [0.15, 0.2) is 0 Å². The molecular formula is C16H19N5O5. The summed E-state index contributed by atoms with van der Waals surface area (Å²) in [6.07, 6.45) is 0.984. The van der Waals surface area contributed by atoms with Crippen LogP contribution in [0.3, 0.4) is 0 Å². The summed E-state index contributed by atoms with van der Waals surface area (Å²) in [6, 6.07) is 7.09. The molecule has 0 unspecified atom stereocenters. The Balaban J connectivity index is 2.04. The van der Waals surface area contributed by atoms with Crippen molar-refractivity contribution in [2.45, 2.75) is 0 Å². The number of para-hydroxylation sites is 2. The fourth-order valence-electron chi connectivity index (χ4n) is 2.15. The molecule has 0 atom stereocenters. The number of ether oxygens (including phenoxy) is 1. The lowest BCUT2D eigenvalue weighted by Crippen LogP contribution is -2.38. The Morgan fingerprint density at radius 3 is 2.65 bits per heavy atom. The smallest absolute Gasteiger partial charge is 0.333 e. The van der Waals surface area contributed by atoms with Crippen LogP contribution in [-0.4, -0.2) is 40.0 Å². The van der Waals surface area contributed by atoms with Crippen molar-refractivity contribution < 1.29 is 14.6 Å². The maximum absolute atomic E-state index is 12.0. The molecule has 0 bridgehead atoms. The molecule has 0 aliphatic carbocycles. The largest absolute Gasteiger partial charge is 0.495 e. The number of carbonyl (C=O) groups excluding carboxylic acids is 1. The summed E-state index contributed by atoms with van der Waals surface area (Å²) >= 11 is 0. The summed E-state index contributed by atoms with van der Waals surface area (Å²) < 4.78 is 6.88. The lowest BCUT2D eigenvalue weighted by atomic mass is 10.3. The van der Waals surface area contributed by atoms with Crippen LogP contribution in [0.25, 0.3) is 0 Å². The van der Waals surface area contributed by atoms with E-state index in [9.17, 15) is 19.5 Å². The topological polar surface area (TPSA) is 127 Å². The SMILES string of the molecule is COc1ccccc1NCC(=O)N/N=C/c1c(O)n(C)c(=O)n(C)c1=O. The molecule has 10 heteroatoms. The van der Waals surface area contributed by atoms with Gasteiger partial charge in [-0.1, -0.05) is 12.1 Å². The minimum Gasteiger partial charge on any atom is -0.495 e. The molecule has 2 aromatic rings. The van der Waals surface area contributed by atoms with Gasteiger partial charge in [0.05, 0.1) is 25.6 Å². The number of aromatic nitrogens is 2. The van der Waals surface area contributed by atoms with Gasteiger partial charge in [0.1, 0.15) is 11.3 Å². The summed E-state index contributed by atoms with van der Waals surface area (Å²) in [5.74, 6) is -0.432. The third-order valence-corrected chi connectivity index (χ3v) is 3.60. The van der Waals surface area contributed by atoms with Crippen molar-refractivity contribution >= 4 is 17.8 Å². The van der Waals surface area contributed by atoms with Gasteiger partial charge in [-0.15, -0.1) is 0 Å². The van der Waals surface area contributed by atoms with Gasteiger partial charge in [-0.3, -0.25) is 18.7 Å². The standard InChI is InChI=1S/C16H19N5O5/c1-20-14(23)10(15(24)21(2)16(20)25)8-18-19-13(22)9-17-11-6-4-5-7-12(11)26-3/h4-8,17,23H,9H2,1-3H3,(H,19,22)/b18-8+. The third kappa shape index (κ3) is 3.91. The van der Waals surface area contributed by atoms with Gasteiger partial charge in [0, 0.05) is 14.1 Å². The molecule has 1 aromatic heterocycles. The molecule has 138 valence electrons. The highest BCUT2D eigenvalue weighted by Crippen LogP contribution is 2.22. The average molecular weight is 361 g/mol. The molecule has 26 heavy (non-hydrogen) atoms. The van der Waals surface area contributed by atoms with Crippen LogP contribution in [0.1, 0.15) is 5.56 Å². The zero-order chi connectivity index (χ0) is 19.3. The number of amides is 1. The van der Waals surface area contributed by atoms with Crippen LogP contribution in [-0.2, 0) is 18.9 Å². The Kier molecular flexibility index (Phi) is 5.78. The van der Waals surface area contributed by atoms with E-state index in [1.54, 1.807) is 24.3 Å². The minimum absolute atomic E-state index is 0.0883. The van der Waals surface area contributed by atoms with Crippen molar-refractivity contribution in [2.75, 3.05) is 19.0 Å². The van der Waals surface area contributed by atoms with Crippen molar-refractivity contribution in [3.63, 3.8) is 0 Å². The van der Waals surface area contributed by atoms with Gasteiger partial charge in [0.25, 0.3) is 11.5 Å². The number of rotatable bonds is 6. The fraction of sp³-hybridized carbons (Fsp3) is 0.250. The van der Waals surface area contributed by atoms with Crippen LogP contribution < -0.4 is 26.7 Å². The van der Waals surface area contributed by atoms with E-state index in [2.05, 4.69) is 15.8 Å². The van der Waals surface area contributed by atoms with E-state index < -0.39 is 23.0 Å². The van der Waals surface area contributed by atoms with Gasteiger partial charge in [-0.2, -0.15) is 5.10 Å². The molecule has 10 nitrogen and oxygen atoms in total. The van der Waals surface area contributed by atoms with E-state index in [1.165, 1.54) is 21.2 Å². The number of hydrogen-bond donors (Lipinski definition) is 3. The van der Waals surface area contributed by atoms with Crippen LogP contribution in [0.5, 0.6) is 11.6 Å². The van der Waals surface area contributed by atoms with Crippen molar-refractivity contribution in [2.24, 2.45) is 19.2 Å². The molecule has 0 aliphatic heterocycles. The first-order valence-corrected chi connectivity index (χ1v) is 7.54. The van der Waals surface area contributed by atoms with Gasteiger partial charge in [0.2, 0.25) is 5.88 Å². The van der Waals surface area contributed by atoms with Crippen LogP contribution in [0.2, 0.25) is 0 Å². The Morgan fingerprint density at radius 2 is 1.96 bits per heavy atom. The van der Waals surface area contributed by atoms with E-state index in [0.717, 1.165) is 15.3 Å². The highest BCUT2D eigenvalue weighted by Gasteiger charge is 2.13. The predicted octanol–water partition coefficient (Wildman–Crippen LogP) is -0.640. The number of methoxy groups -OCH3 is 1. The molecule has 0 fully saturated rings. The molecule has 0 aliphatic rings.